The normalized spacial score (nSPS) is 11.2. The van der Waals surface area contributed by atoms with Crippen LogP contribution in [0.5, 0.6) is 0 Å². The standard InChI is InChI=1S/C74H52N6/c1-5-19-53(20-6-1)61-27-17-29-67(51-61)79(65-45-37-59(38-46-65)73-71(57-23-9-3-10-24-57)75-69-31-13-15-49-77(69)73)63-41-33-55(34-42-63)56-35-43-64(44-36-56)80(68-30-18-28-62(52-68)54-21-7-2-8-22-54)66-47-39-60(40-48-66)74-72(58-25-11-4-12-26-58)76-70-32-14-16-50-78(70)74/h1-52H. The highest BCUT2D eigenvalue weighted by Gasteiger charge is 2.21. The van der Waals surface area contributed by atoms with Gasteiger partial charge < -0.3 is 9.80 Å². The summed E-state index contributed by atoms with van der Waals surface area (Å²) in [6.45, 7) is 0. The predicted octanol–water partition coefficient (Wildman–Crippen LogP) is 19.6. The van der Waals surface area contributed by atoms with Crippen molar-refractivity contribution in [2.24, 2.45) is 0 Å². The summed E-state index contributed by atoms with van der Waals surface area (Å²) in [7, 11) is 0. The molecule has 0 saturated carbocycles. The molecular formula is C74H52N6. The summed E-state index contributed by atoms with van der Waals surface area (Å²) in [6, 6.07) is 108. The van der Waals surface area contributed by atoms with Gasteiger partial charge in [0.15, 0.2) is 0 Å². The molecule has 0 radical (unpaired) electrons. The Kier molecular flexibility index (Phi) is 12.5. The molecule has 0 N–H and O–H groups in total. The van der Waals surface area contributed by atoms with Crippen LogP contribution < -0.4 is 9.80 Å². The Morgan fingerprint density at radius 2 is 0.500 bits per heavy atom. The maximum absolute atomic E-state index is 5.11. The van der Waals surface area contributed by atoms with Crippen LogP contribution in [0.1, 0.15) is 0 Å². The van der Waals surface area contributed by atoms with Crippen LogP contribution in [0.25, 0.3) is 89.7 Å². The fourth-order valence-corrected chi connectivity index (χ4v) is 11.1. The van der Waals surface area contributed by atoms with Gasteiger partial charge >= 0.3 is 0 Å². The van der Waals surface area contributed by atoms with Gasteiger partial charge in [-0.1, -0.05) is 206 Å². The lowest BCUT2D eigenvalue weighted by Gasteiger charge is -2.27. The van der Waals surface area contributed by atoms with Crippen LogP contribution >= 0.6 is 0 Å². The Labute approximate surface area is 465 Å². The molecule has 10 aromatic carbocycles. The molecule has 6 nitrogen and oxygen atoms in total. The Morgan fingerprint density at radius 3 is 0.850 bits per heavy atom. The summed E-state index contributed by atoms with van der Waals surface area (Å²) in [6.07, 6.45) is 4.19. The molecule has 0 amide bonds. The van der Waals surface area contributed by atoms with Crippen LogP contribution in [0.2, 0.25) is 0 Å². The third kappa shape index (κ3) is 9.16. The Bertz CT molecular complexity index is 4130. The second kappa shape index (κ2) is 21.0. The van der Waals surface area contributed by atoms with E-state index in [0.29, 0.717) is 0 Å². The minimum atomic E-state index is 0.911. The van der Waals surface area contributed by atoms with Crippen molar-refractivity contribution in [3.05, 3.63) is 316 Å². The lowest BCUT2D eigenvalue weighted by Crippen LogP contribution is -2.10. The molecule has 0 aliphatic heterocycles. The van der Waals surface area contributed by atoms with E-state index in [1.54, 1.807) is 0 Å². The number of fused-ring (bicyclic) bond motifs is 2. The first kappa shape index (κ1) is 47.6. The van der Waals surface area contributed by atoms with E-state index in [-0.39, 0.29) is 0 Å². The molecule has 0 saturated heterocycles. The Hall–Kier alpha value is -10.8. The van der Waals surface area contributed by atoms with Crippen molar-refractivity contribution in [1.82, 2.24) is 18.8 Å². The maximum Gasteiger partial charge on any atom is 0.137 e. The number of pyridine rings is 2. The first-order valence-electron chi connectivity index (χ1n) is 27.0. The second-order valence-electron chi connectivity index (χ2n) is 19.9. The molecule has 80 heavy (non-hydrogen) atoms. The van der Waals surface area contributed by atoms with Crippen molar-refractivity contribution in [3.63, 3.8) is 0 Å². The van der Waals surface area contributed by atoms with Crippen molar-refractivity contribution in [1.29, 1.82) is 0 Å². The quantitative estimate of drug-likeness (QED) is 0.115. The second-order valence-corrected chi connectivity index (χ2v) is 19.9. The smallest absolute Gasteiger partial charge is 0.137 e. The molecular weight excluding hydrogens is 973 g/mol. The van der Waals surface area contributed by atoms with Gasteiger partial charge in [-0.25, -0.2) is 9.97 Å². The summed E-state index contributed by atoms with van der Waals surface area (Å²) in [4.78, 5) is 14.9. The predicted molar refractivity (Wildman–Crippen MR) is 331 cm³/mol. The zero-order valence-corrected chi connectivity index (χ0v) is 43.7. The zero-order chi connectivity index (χ0) is 53.2. The summed E-state index contributed by atoms with van der Waals surface area (Å²) in [5.41, 5.74) is 23.4. The van der Waals surface area contributed by atoms with Crippen molar-refractivity contribution in [3.8, 4) is 78.4 Å². The number of nitrogens with zero attached hydrogens (tertiary/aromatic N) is 6. The molecule has 0 aliphatic rings. The SMILES string of the molecule is c1ccc(-c2cccc(N(c3ccc(-c4ccc(N(c5ccc(-c6c(-c7ccccc7)nc7ccccn67)cc5)c5cccc(-c6ccccc6)c5)cc4)cc3)c3ccc(-c4c(-c5ccccc5)nc5ccccn45)cc3)c2)cc1. The minimum absolute atomic E-state index is 0.911. The summed E-state index contributed by atoms with van der Waals surface area (Å²) in [5, 5.41) is 0. The highest BCUT2D eigenvalue weighted by Crippen LogP contribution is 2.43. The number of anilines is 6. The minimum Gasteiger partial charge on any atom is -0.310 e. The van der Waals surface area contributed by atoms with Gasteiger partial charge in [0.25, 0.3) is 0 Å². The highest BCUT2D eigenvalue weighted by atomic mass is 15.1. The molecule has 4 aromatic heterocycles. The van der Waals surface area contributed by atoms with Gasteiger partial charge in [-0.3, -0.25) is 8.80 Å². The fourth-order valence-electron chi connectivity index (χ4n) is 11.1. The molecule has 14 aromatic rings. The average Bonchev–Trinajstić information content (AvgIpc) is 4.30. The summed E-state index contributed by atoms with van der Waals surface area (Å²) >= 11 is 0. The molecule has 14 rings (SSSR count). The van der Waals surface area contributed by atoms with Crippen molar-refractivity contribution >= 4 is 45.4 Å². The van der Waals surface area contributed by atoms with E-state index < -0.39 is 0 Å². The molecule has 0 fully saturated rings. The third-order valence-corrected chi connectivity index (χ3v) is 15.0. The van der Waals surface area contributed by atoms with Gasteiger partial charge in [0.2, 0.25) is 0 Å². The summed E-state index contributed by atoms with van der Waals surface area (Å²) in [5.74, 6) is 0. The molecule has 378 valence electrons. The van der Waals surface area contributed by atoms with Gasteiger partial charge in [-0.15, -0.1) is 0 Å². The van der Waals surface area contributed by atoms with Crippen LogP contribution in [0.3, 0.4) is 0 Å². The fraction of sp³-hybridized carbons (Fsp3) is 0. The van der Waals surface area contributed by atoms with Crippen LogP contribution in [-0.2, 0) is 0 Å². The molecule has 0 atom stereocenters. The number of hydrogen-bond donors (Lipinski definition) is 0. The molecule has 6 heteroatoms. The lowest BCUT2D eigenvalue weighted by atomic mass is 10.0. The monoisotopic (exact) mass is 1020 g/mol. The molecule has 0 aliphatic carbocycles. The number of rotatable bonds is 13. The number of imidazole rings is 2. The topological polar surface area (TPSA) is 41.1 Å². The van der Waals surface area contributed by atoms with Gasteiger partial charge in [0.05, 0.1) is 22.8 Å². The highest BCUT2D eigenvalue weighted by molar-refractivity contribution is 5.88. The van der Waals surface area contributed by atoms with E-state index in [0.717, 1.165) is 113 Å². The van der Waals surface area contributed by atoms with Gasteiger partial charge in [-0.05, 0) is 130 Å². The zero-order valence-electron chi connectivity index (χ0n) is 43.7. The third-order valence-electron chi connectivity index (χ3n) is 15.0. The molecule has 0 spiro atoms. The Balaban J connectivity index is 0.815. The van der Waals surface area contributed by atoms with Gasteiger partial charge in [-0.2, -0.15) is 0 Å². The van der Waals surface area contributed by atoms with Gasteiger partial charge in [0, 0.05) is 68.8 Å². The first-order chi connectivity index (χ1) is 39.7. The van der Waals surface area contributed by atoms with E-state index in [9.17, 15) is 0 Å². The average molecular weight is 1030 g/mol. The Morgan fingerprint density at radius 1 is 0.212 bits per heavy atom. The number of aromatic nitrogens is 4. The van der Waals surface area contributed by atoms with E-state index in [2.05, 4.69) is 310 Å². The first-order valence-corrected chi connectivity index (χ1v) is 27.0. The van der Waals surface area contributed by atoms with Crippen molar-refractivity contribution < 1.29 is 0 Å². The van der Waals surface area contributed by atoms with Crippen molar-refractivity contribution in [2.75, 3.05) is 9.80 Å². The van der Waals surface area contributed by atoms with Crippen LogP contribution in [0, 0.1) is 0 Å². The number of hydrogen-bond acceptors (Lipinski definition) is 4. The van der Waals surface area contributed by atoms with Gasteiger partial charge in [0.1, 0.15) is 11.3 Å². The molecule has 4 heterocycles. The molecule has 0 bridgehead atoms. The van der Waals surface area contributed by atoms with E-state index in [1.165, 1.54) is 11.1 Å². The van der Waals surface area contributed by atoms with E-state index >= 15 is 0 Å². The number of benzene rings is 10. The van der Waals surface area contributed by atoms with E-state index in [1.807, 2.05) is 24.3 Å². The summed E-state index contributed by atoms with van der Waals surface area (Å²) < 4.78 is 4.38. The largest absolute Gasteiger partial charge is 0.310 e. The van der Waals surface area contributed by atoms with Crippen molar-refractivity contribution in [2.45, 2.75) is 0 Å². The van der Waals surface area contributed by atoms with E-state index in [4.69, 9.17) is 9.97 Å². The lowest BCUT2D eigenvalue weighted by molar-refractivity contribution is 1.19. The van der Waals surface area contributed by atoms with Crippen LogP contribution in [-0.4, -0.2) is 18.8 Å². The van der Waals surface area contributed by atoms with Crippen LogP contribution in [0.15, 0.2) is 316 Å². The molecule has 0 unspecified atom stereocenters. The van der Waals surface area contributed by atoms with Crippen LogP contribution in [0.4, 0.5) is 34.1 Å². The maximum atomic E-state index is 5.11.